The number of amides is 1. The van der Waals surface area contributed by atoms with Crippen LogP contribution in [0.3, 0.4) is 0 Å². The fourth-order valence-corrected chi connectivity index (χ4v) is 4.11. The van der Waals surface area contributed by atoms with E-state index in [-0.39, 0.29) is 5.91 Å². The molecule has 26 heavy (non-hydrogen) atoms. The maximum Gasteiger partial charge on any atom is 0.222 e. The highest BCUT2D eigenvalue weighted by Gasteiger charge is 2.24. The number of carbonyl (C=O) groups excluding carboxylic acids is 1. The van der Waals surface area contributed by atoms with E-state index in [4.69, 9.17) is 0 Å². The van der Waals surface area contributed by atoms with Crippen LogP contribution in [0.5, 0.6) is 0 Å². The SMILES string of the molecule is CN(CC1CCN(C[C@@H](O)c2ccccc2)CC1)C(=O)C[C@H]1C=CCC1. The zero-order valence-corrected chi connectivity index (χ0v) is 15.9. The second kappa shape index (κ2) is 9.33. The van der Waals surface area contributed by atoms with Gasteiger partial charge in [-0.2, -0.15) is 0 Å². The number of aliphatic hydroxyl groups is 1. The van der Waals surface area contributed by atoms with E-state index >= 15 is 0 Å². The third kappa shape index (κ3) is 5.42. The van der Waals surface area contributed by atoms with E-state index in [0.717, 1.165) is 50.9 Å². The van der Waals surface area contributed by atoms with Crippen molar-refractivity contribution in [2.45, 2.75) is 38.2 Å². The summed E-state index contributed by atoms with van der Waals surface area (Å²) in [6, 6.07) is 9.88. The number of allylic oxidation sites excluding steroid dienone is 2. The van der Waals surface area contributed by atoms with Gasteiger partial charge in [-0.3, -0.25) is 4.79 Å². The normalized spacial score (nSPS) is 22.5. The van der Waals surface area contributed by atoms with Gasteiger partial charge in [-0.05, 0) is 56.2 Å². The Morgan fingerprint density at radius 2 is 1.96 bits per heavy atom. The van der Waals surface area contributed by atoms with E-state index in [1.807, 2.05) is 42.3 Å². The molecule has 1 fully saturated rings. The van der Waals surface area contributed by atoms with Gasteiger partial charge in [0.25, 0.3) is 0 Å². The number of aliphatic hydroxyl groups excluding tert-OH is 1. The van der Waals surface area contributed by atoms with Crippen molar-refractivity contribution in [2.75, 3.05) is 33.2 Å². The first kappa shape index (κ1) is 19.1. The molecule has 3 rings (SSSR count). The van der Waals surface area contributed by atoms with Crippen LogP contribution < -0.4 is 0 Å². The predicted molar refractivity (Wildman–Crippen MR) is 105 cm³/mol. The van der Waals surface area contributed by atoms with E-state index in [1.165, 1.54) is 0 Å². The summed E-state index contributed by atoms with van der Waals surface area (Å²) >= 11 is 0. The van der Waals surface area contributed by atoms with E-state index in [2.05, 4.69) is 17.1 Å². The van der Waals surface area contributed by atoms with Gasteiger partial charge in [0.15, 0.2) is 0 Å². The number of piperidine rings is 1. The molecule has 1 amide bonds. The Morgan fingerprint density at radius 3 is 2.62 bits per heavy atom. The summed E-state index contributed by atoms with van der Waals surface area (Å²) in [5.74, 6) is 1.31. The van der Waals surface area contributed by atoms with Crippen LogP contribution in [0.1, 0.15) is 43.8 Å². The first-order valence-corrected chi connectivity index (χ1v) is 9.98. The van der Waals surface area contributed by atoms with Gasteiger partial charge >= 0.3 is 0 Å². The first-order valence-electron chi connectivity index (χ1n) is 9.98. The lowest BCUT2D eigenvalue weighted by Crippen LogP contribution is -2.41. The maximum absolute atomic E-state index is 12.4. The summed E-state index contributed by atoms with van der Waals surface area (Å²) in [5.41, 5.74) is 0.987. The van der Waals surface area contributed by atoms with E-state index in [1.54, 1.807) is 0 Å². The minimum Gasteiger partial charge on any atom is -0.387 e. The minimum absolute atomic E-state index is 0.281. The number of hydrogen-bond acceptors (Lipinski definition) is 3. The van der Waals surface area contributed by atoms with Crippen LogP contribution in [0.4, 0.5) is 0 Å². The molecule has 0 radical (unpaired) electrons. The molecule has 0 unspecified atom stereocenters. The van der Waals surface area contributed by atoms with Gasteiger partial charge in [0.2, 0.25) is 5.91 Å². The van der Waals surface area contributed by atoms with E-state index in [9.17, 15) is 9.90 Å². The molecule has 0 saturated carbocycles. The van der Waals surface area contributed by atoms with Crippen LogP contribution in [0, 0.1) is 11.8 Å². The molecule has 2 atom stereocenters. The molecular formula is C22H32N2O2. The summed E-state index contributed by atoms with van der Waals surface area (Å²) in [6.07, 6.45) is 9.08. The Hall–Kier alpha value is -1.65. The molecular weight excluding hydrogens is 324 g/mol. The Bertz CT molecular complexity index is 593. The largest absolute Gasteiger partial charge is 0.387 e. The third-order valence-corrected chi connectivity index (χ3v) is 5.83. The molecule has 0 aromatic heterocycles. The molecule has 142 valence electrons. The summed E-state index contributed by atoms with van der Waals surface area (Å²) in [4.78, 5) is 16.7. The fourth-order valence-electron chi connectivity index (χ4n) is 4.11. The van der Waals surface area contributed by atoms with Gasteiger partial charge in [0.05, 0.1) is 6.10 Å². The van der Waals surface area contributed by atoms with Crippen LogP contribution in [0.15, 0.2) is 42.5 Å². The van der Waals surface area contributed by atoms with Gasteiger partial charge in [-0.1, -0.05) is 42.5 Å². The van der Waals surface area contributed by atoms with Crippen LogP contribution in [-0.4, -0.2) is 54.0 Å². The van der Waals surface area contributed by atoms with Gasteiger partial charge in [0, 0.05) is 26.6 Å². The highest BCUT2D eigenvalue weighted by atomic mass is 16.3. The predicted octanol–water partition coefficient (Wildman–Crippen LogP) is 3.25. The molecule has 1 aromatic carbocycles. The van der Waals surface area contributed by atoms with Gasteiger partial charge in [-0.15, -0.1) is 0 Å². The molecule has 1 saturated heterocycles. The van der Waals surface area contributed by atoms with Gasteiger partial charge in [0.1, 0.15) is 0 Å². The molecule has 0 spiro atoms. The Kier molecular flexibility index (Phi) is 6.86. The smallest absolute Gasteiger partial charge is 0.222 e. The third-order valence-electron chi connectivity index (χ3n) is 5.83. The summed E-state index contributed by atoms with van der Waals surface area (Å²) in [7, 11) is 1.95. The highest BCUT2D eigenvalue weighted by molar-refractivity contribution is 5.76. The molecule has 1 N–H and O–H groups in total. The fraction of sp³-hybridized carbons (Fsp3) is 0.591. The molecule has 1 aromatic rings. The van der Waals surface area contributed by atoms with Crippen LogP contribution in [-0.2, 0) is 4.79 Å². The number of benzene rings is 1. The van der Waals surface area contributed by atoms with Crippen molar-refractivity contribution in [3.05, 3.63) is 48.0 Å². The molecule has 1 aliphatic heterocycles. The minimum atomic E-state index is -0.420. The lowest BCUT2D eigenvalue weighted by atomic mass is 9.95. The second-order valence-corrected chi connectivity index (χ2v) is 7.91. The average Bonchev–Trinajstić information content (AvgIpc) is 3.17. The summed E-state index contributed by atoms with van der Waals surface area (Å²) in [6.45, 7) is 3.56. The number of nitrogens with zero attached hydrogens (tertiary/aromatic N) is 2. The van der Waals surface area contributed by atoms with Crippen LogP contribution >= 0.6 is 0 Å². The van der Waals surface area contributed by atoms with Crippen molar-refractivity contribution < 1.29 is 9.90 Å². The van der Waals surface area contributed by atoms with E-state index in [0.29, 0.717) is 24.8 Å². The van der Waals surface area contributed by atoms with Crippen molar-refractivity contribution in [2.24, 2.45) is 11.8 Å². The lowest BCUT2D eigenvalue weighted by molar-refractivity contribution is -0.131. The Labute approximate surface area is 157 Å². The molecule has 1 heterocycles. The lowest BCUT2D eigenvalue weighted by Gasteiger charge is -2.35. The van der Waals surface area contributed by atoms with Crippen LogP contribution in [0.25, 0.3) is 0 Å². The Morgan fingerprint density at radius 1 is 1.23 bits per heavy atom. The second-order valence-electron chi connectivity index (χ2n) is 7.91. The van der Waals surface area contributed by atoms with Gasteiger partial charge < -0.3 is 14.9 Å². The number of hydrogen-bond donors (Lipinski definition) is 1. The Balaban J connectivity index is 1.38. The summed E-state index contributed by atoms with van der Waals surface area (Å²) < 4.78 is 0. The zero-order chi connectivity index (χ0) is 18.4. The molecule has 0 bridgehead atoms. The number of rotatable bonds is 7. The molecule has 4 nitrogen and oxygen atoms in total. The first-order chi connectivity index (χ1) is 12.6. The topological polar surface area (TPSA) is 43.8 Å². The zero-order valence-electron chi connectivity index (χ0n) is 15.9. The van der Waals surface area contributed by atoms with Crippen LogP contribution in [0.2, 0.25) is 0 Å². The molecule has 4 heteroatoms. The maximum atomic E-state index is 12.4. The number of carbonyl (C=O) groups is 1. The average molecular weight is 357 g/mol. The summed E-state index contributed by atoms with van der Waals surface area (Å²) in [5, 5.41) is 10.4. The number of β-amino-alcohol motifs (C(OH)–C–C–N with tert-alkyl or cyclic N) is 1. The van der Waals surface area contributed by atoms with Crippen molar-refractivity contribution in [1.82, 2.24) is 9.80 Å². The van der Waals surface area contributed by atoms with Crippen molar-refractivity contribution in [3.8, 4) is 0 Å². The van der Waals surface area contributed by atoms with Crippen molar-refractivity contribution in [1.29, 1.82) is 0 Å². The standard InChI is InChI=1S/C22H32N2O2/c1-23(22(26)15-18-7-5-6-8-18)16-19-11-13-24(14-12-19)17-21(25)20-9-3-2-4-10-20/h2-5,7,9-10,18-19,21,25H,6,8,11-17H2,1H3/t18-,21+/m0/s1. The van der Waals surface area contributed by atoms with Crippen molar-refractivity contribution in [3.63, 3.8) is 0 Å². The van der Waals surface area contributed by atoms with Gasteiger partial charge in [-0.25, -0.2) is 0 Å². The molecule has 1 aliphatic carbocycles. The molecule has 2 aliphatic rings. The monoisotopic (exact) mass is 356 g/mol. The highest BCUT2D eigenvalue weighted by Crippen LogP contribution is 2.24. The van der Waals surface area contributed by atoms with E-state index < -0.39 is 6.10 Å². The quantitative estimate of drug-likeness (QED) is 0.763. The van der Waals surface area contributed by atoms with Crippen molar-refractivity contribution >= 4 is 5.91 Å². The number of likely N-dealkylation sites (tertiary alicyclic amines) is 1.